The van der Waals surface area contributed by atoms with Gasteiger partial charge in [-0.15, -0.1) is 0 Å². The molecule has 0 radical (unpaired) electrons. The smallest absolute Gasteiger partial charge is 0.227 e. The lowest BCUT2D eigenvalue weighted by Crippen LogP contribution is -2.30. The van der Waals surface area contributed by atoms with E-state index in [1.807, 2.05) is 36.3 Å². The molecule has 0 bridgehead atoms. The van der Waals surface area contributed by atoms with Crippen LogP contribution in [0.25, 0.3) is 11.0 Å². The third-order valence-electron chi connectivity index (χ3n) is 5.06. The monoisotopic (exact) mass is 334 g/mol. The van der Waals surface area contributed by atoms with E-state index in [1.54, 1.807) is 6.20 Å². The number of likely N-dealkylation sites (tertiary alicyclic amines) is 1. The molecule has 0 saturated carbocycles. The fourth-order valence-electron chi connectivity index (χ4n) is 3.72. The van der Waals surface area contributed by atoms with Crippen molar-refractivity contribution in [1.29, 1.82) is 0 Å². The average molecular weight is 334 g/mol. The highest BCUT2D eigenvalue weighted by Crippen LogP contribution is 2.29. The first-order valence-corrected chi connectivity index (χ1v) is 8.71. The predicted molar refractivity (Wildman–Crippen MR) is 97.3 cm³/mol. The molecule has 0 spiro atoms. The number of carbonyl (C=O) groups is 1. The van der Waals surface area contributed by atoms with Crippen molar-refractivity contribution in [2.24, 2.45) is 7.05 Å². The number of aromatic nitrogens is 3. The zero-order chi connectivity index (χ0) is 17.4. The van der Waals surface area contributed by atoms with Gasteiger partial charge in [-0.3, -0.25) is 9.78 Å². The summed E-state index contributed by atoms with van der Waals surface area (Å²) in [5, 5.41) is 0. The summed E-state index contributed by atoms with van der Waals surface area (Å²) in [4.78, 5) is 23.6. The van der Waals surface area contributed by atoms with Crippen molar-refractivity contribution in [2.45, 2.75) is 25.7 Å². The number of hydrogen-bond acceptors (Lipinski definition) is 3. The number of carbonyl (C=O) groups excluding carboxylic acids is 1. The summed E-state index contributed by atoms with van der Waals surface area (Å²) in [6, 6.07) is 10.1. The van der Waals surface area contributed by atoms with Gasteiger partial charge < -0.3 is 9.47 Å². The minimum absolute atomic E-state index is 0.202. The summed E-state index contributed by atoms with van der Waals surface area (Å²) in [5.41, 5.74) is 4.29. The molecule has 1 atom stereocenters. The van der Waals surface area contributed by atoms with Crippen molar-refractivity contribution in [3.05, 3.63) is 59.7 Å². The quantitative estimate of drug-likeness (QED) is 0.740. The van der Waals surface area contributed by atoms with Gasteiger partial charge in [0.15, 0.2) is 0 Å². The van der Waals surface area contributed by atoms with Gasteiger partial charge in [0, 0.05) is 32.3 Å². The van der Waals surface area contributed by atoms with Gasteiger partial charge in [0.05, 0.1) is 23.7 Å². The molecule has 2 aromatic heterocycles. The summed E-state index contributed by atoms with van der Waals surface area (Å²) in [5.74, 6) is 1.54. The SMILES string of the molecule is Cc1cccc(CC(=O)N2CCC(c3nc4ccncc4n3C)C2)c1. The third-order valence-corrected chi connectivity index (χ3v) is 5.06. The van der Waals surface area contributed by atoms with Crippen molar-refractivity contribution < 1.29 is 4.79 Å². The van der Waals surface area contributed by atoms with Crippen LogP contribution in [0.5, 0.6) is 0 Å². The number of fused-ring (bicyclic) bond motifs is 1. The molecule has 5 nitrogen and oxygen atoms in total. The zero-order valence-corrected chi connectivity index (χ0v) is 14.6. The van der Waals surface area contributed by atoms with Crippen molar-refractivity contribution >= 4 is 16.9 Å². The van der Waals surface area contributed by atoms with Crippen LogP contribution in [0, 0.1) is 6.92 Å². The molecule has 0 aliphatic carbocycles. The van der Waals surface area contributed by atoms with Gasteiger partial charge in [-0.05, 0) is 25.0 Å². The molecule has 1 saturated heterocycles. The van der Waals surface area contributed by atoms with E-state index >= 15 is 0 Å². The van der Waals surface area contributed by atoms with Crippen LogP contribution < -0.4 is 0 Å². The lowest BCUT2D eigenvalue weighted by Gasteiger charge is -2.17. The van der Waals surface area contributed by atoms with Crippen molar-refractivity contribution in [3.63, 3.8) is 0 Å². The highest BCUT2D eigenvalue weighted by atomic mass is 16.2. The Morgan fingerprint density at radius 2 is 2.20 bits per heavy atom. The van der Waals surface area contributed by atoms with Crippen LogP contribution in [-0.2, 0) is 18.3 Å². The topological polar surface area (TPSA) is 51.0 Å². The fourth-order valence-corrected chi connectivity index (χ4v) is 3.72. The minimum Gasteiger partial charge on any atom is -0.342 e. The van der Waals surface area contributed by atoms with Gasteiger partial charge in [-0.25, -0.2) is 4.98 Å². The molecule has 1 aromatic carbocycles. The summed E-state index contributed by atoms with van der Waals surface area (Å²) < 4.78 is 2.11. The molecule has 5 heteroatoms. The Bertz CT molecular complexity index is 930. The molecular weight excluding hydrogens is 312 g/mol. The van der Waals surface area contributed by atoms with E-state index in [-0.39, 0.29) is 5.91 Å². The van der Waals surface area contributed by atoms with Gasteiger partial charge >= 0.3 is 0 Å². The predicted octanol–water partition coefficient (Wildman–Crippen LogP) is 2.84. The van der Waals surface area contributed by atoms with Gasteiger partial charge in [0.1, 0.15) is 5.82 Å². The second-order valence-corrected chi connectivity index (χ2v) is 6.88. The summed E-state index contributed by atoms with van der Waals surface area (Å²) in [6.45, 7) is 3.60. The average Bonchev–Trinajstić information content (AvgIpc) is 3.20. The normalized spacial score (nSPS) is 17.4. The number of imidazole rings is 1. The van der Waals surface area contributed by atoms with Gasteiger partial charge in [-0.2, -0.15) is 0 Å². The molecule has 1 aliphatic heterocycles. The van der Waals surface area contributed by atoms with Crippen molar-refractivity contribution in [2.75, 3.05) is 13.1 Å². The Morgan fingerprint density at radius 1 is 1.32 bits per heavy atom. The van der Waals surface area contributed by atoms with Gasteiger partial charge in [0.2, 0.25) is 5.91 Å². The molecular formula is C20H22N4O. The lowest BCUT2D eigenvalue weighted by molar-refractivity contribution is -0.129. The molecule has 1 fully saturated rings. The number of amides is 1. The van der Waals surface area contributed by atoms with Gasteiger partial charge in [-0.1, -0.05) is 29.8 Å². The first-order chi connectivity index (χ1) is 12.1. The lowest BCUT2D eigenvalue weighted by atomic mass is 10.1. The molecule has 4 rings (SSSR count). The number of hydrogen-bond donors (Lipinski definition) is 0. The largest absolute Gasteiger partial charge is 0.342 e. The van der Waals surface area contributed by atoms with E-state index in [9.17, 15) is 4.79 Å². The van der Waals surface area contributed by atoms with Crippen LogP contribution >= 0.6 is 0 Å². The van der Waals surface area contributed by atoms with Crippen LogP contribution in [-0.4, -0.2) is 38.4 Å². The Labute approximate surface area is 147 Å². The molecule has 128 valence electrons. The molecule has 1 unspecified atom stereocenters. The maximum atomic E-state index is 12.6. The second-order valence-electron chi connectivity index (χ2n) is 6.88. The number of pyridine rings is 1. The van der Waals surface area contributed by atoms with Crippen LogP contribution in [0.1, 0.15) is 29.3 Å². The molecule has 0 N–H and O–H groups in total. The summed E-state index contributed by atoms with van der Waals surface area (Å²) in [7, 11) is 2.03. The number of benzene rings is 1. The Kier molecular flexibility index (Phi) is 3.99. The number of aryl methyl sites for hydroxylation is 2. The zero-order valence-electron chi connectivity index (χ0n) is 14.6. The van der Waals surface area contributed by atoms with E-state index in [4.69, 9.17) is 4.98 Å². The van der Waals surface area contributed by atoms with E-state index < -0.39 is 0 Å². The molecule has 1 aliphatic rings. The Balaban J connectivity index is 1.49. The summed E-state index contributed by atoms with van der Waals surface area (Å²) in [6.07, 6.45) is 5.05. The highest BCUT2D eigenvalue weighted by Gasteiger charge is 2.30. The number of nitrogens with zero attached hydrogens (tertiary/aromatic N) is 4. The van der Waals surface area contributed by atoms with Crippen molar-refractivity contribution in [3.8, 4) is 0 Å². The van der Waals surface area contributed by atoms with Crippen LogP contribution in [0.15, 0.2) is 42.7 Å². The van der Waals surface area contributed by atoms with Gasteiger partial charge in [0.25, 0.3) is 0 Å². The first kappa shape index (κ1) is 15.8. The Hall–Kier alpha value is -2.69. The fraction of sp³-hybridized carbons (Fsp3) is 0.350. The second kappa shape index (κ2) is 6.31. The number of rotatable bonds is 3. The van der Waals surface area contributed by atoms with Crippen LogP contribution in [0.3, 0.4) is 0 Å². The molecule has 1 amide bonds. The van der Waals surface area contributed by atoms with Crippen LogP contribution in [0.2, 0.25) is 0 Å². The van der Waals surface area contributed by atoms with E-state index in [2.05, 4.69) is 28.6 Å². The first-order valence-electron chi connectivity index (χ1n) is 8.71. The molecule has 25 heavy (non-hydrogen) atoms. The standard InChI is InChI=1S/C20H22N4O/c1-14-4-3-5-15(10-14)11-19(25)24-9-7-16(13-24)20-22-17-6-8-21-12-18(17)23(20)2/h3-6,8,10,12,16H,7,9,11,13H2,1-2H3. The molecule has 3 aromatic rings. The van der Waals surface area contributed by atoms with Crippen LogP contribution in [0.4, 0.5) is 0 Å². The van der Waals surface area contributed by atoms with Crippen molar-refractivity contribution in [1.82, 2.24) is 19.4 Å². The minimum atomic E-state index is 0.202. The van der Waals surface area contributed by atoms with E-state index in [1.165, 1.54) is 5.56 Å². The summed E-state index contributed by atoms with van der Waals surface area (Å²) >= 11 is 0. The Morgan fingerprint density at radius 3 is 3.00 bits per heavy atom. The maximum absolute atomic E-state index is 12.6. The van der Waals surface area contributed by atoms with E-state index in [0.717, 1.165) is 41.9 Å². The highest BCUT2D eigenvalue weighted by molar-refractivity contribution is 5.79. The third kappa shape index (κ3) is 3.02. The molecule has 3 heterocycles. The maximum Gasteiger partial charge on any atom is 0.227 e. The van der Waals surface area contributed by atoms with E-state index in [0.29, 0.717) is 12.3 Å².